The molecule has 19 heavy (non-hydrogen) atoms. The molecule has 0 aromatic rings. The Bertz CT molecular complexity index is 335. The molecule has 2 atom stereocenters. The monoisotopic (exact) mass is 271 g/mol. The van der Waals surface area contributed by atoms with Gasteiger partial charge in [0.1, 0.15) is 5.60 Å². The first kappa shape index (κ1) is 15.8. The Morgan fingerprint density at radius 2 is 2.05 bits per heavy atom. The summed E-state index contributed by atoms with van der Waals surface area (Å²) in [5, 5.41) is 9.20. The van der Waals surface area contributed by atoms with Crippen molar-refractivity contribution in [2.75, 3.05) is 13.1 Å². The zero-order valence-electron chi connectivity index (χ0n) is 12.3. The van der Waals surface area contributed by atoms with Gasteiger partial charge in [0, 0.05) is 13.1 Å². The number of amides is 1. The highest BCUT2D eigenvalue weighted by molar-refractivity contribution is 5.71. The molecule has 1 aliphatic heterocycles. The number of hydrogen-bond donors (Lipinski definition) is 1. The summed E-state index contributed by atoms with van der Waals surface area (Å²) in [6.07, 6.45) is 1.97. The zero-order valence-corrected chi connectivity index (χ0v) is 12.3. The summed E-state index contributed by atoms with van der Waals surface area (Å²) < 4.78 is 5.34. The number of piperidine rings is 1. The van der Waals surface area contributed by atoms with Crippen LogP contribution in [0, 0.1) is 11.8 Å². The number of carboxylic acids is 1. The number of ether oxygens (including phenoxy) is 1. The molecule has 1 amide bonds. The third-order valence-electron chi connectivity index (χ3n) is 3.44. The van der Waals surface area contributed by atoms with Gasteiger partial charge in [0.2, 0.25) is 0 Å². The van der Waals surface area contributed by atoms with Crippen molar-refractivity contribution in [2.24, 2.45) is 11.8 Å². The van der Waals surface area contributed by atoms with Crippen LogP contribution in [0.15, 0.2) is 0 Å². The van der Waals surface area contributed by atoms with Crippen LogP contribution in [0.25, 0.3) is 0 Å². The molecule has 0 aliphatic carbocycles. The molecular weight excluding hydrogens is 246 g/mol. The number of nitrogens with zero attached hydrogens (tertiary/aromatic N) is 1. The standard InChI is InChI=1S/C14H25NO4/c1-5-11(12(16)17)10-7-6-8-15(9-10)13(18)19-14(2,3)4/h10-11H,5-9H2,1-4H3,(H,16,17)/t10-,11?/m1/s1. The minimum Gasteiger partial charge on any atom is -0.481 e. The molecule has 1 unspecified atom stereocenters. The minimum atomic E-state index is -0.765. The van der Waals surface area contributed by atoms with Gasteiger partial charge < -0.3 is 14.7 Å². The van der Waals surface area contributed by atoms with Gasteiger partial charge in [0.15, 0.2) is 0 Å². The molecule has 0 aromatic carbocycles. The molecule has 1 aliphatic rings. The van der Waals surface area contributed by atoms with Crippen molar-refractivity contribution in [3.8, 4) is 0 Å². The predicted molar refractivity (Wildman–Crippen MR) is 71.9 cm³/mol. The van der Waals surface area contributed by atoms with E-state index in [1.165, 1.54) is 0 Å². The van der Waals surface area contributed by atoms with Crippen molar-refractivity contribution in [2.45, 2.75) is 52.6 Å². The molecule has 1 rings (SSSR count). The van der Waals surface area contributed by atoms with Gasteiger partial charge >= 0.3 is 12.1 Å². The summed E-state index contributed by atoms with van der Waals surface area (Å²) in [6, 6.07) is 0. The highest BCUT2D eigenvalue weighted by Gasteiger charge is 2.33. The van der Waals surface area contributed by atoms with Crippen LogP contribution in [-0.4, -0.2) is 40.8 Å². The van der Waals surface area contributed by atoms with Crippen LogP contribution in [0.1, 0.15) is 47.0 Å². The Kier molecular flexibility index (Phi) is 5.20. The second-order valence-electron chi connectivity index (χ2n) is 6.18. The molecule has 0 bridgehead atoms. The van der Waals surface area contributed by atoms with E-state index < -0.39 is 11.6 Å². The lowest BCUT2D eigenvalue weighted by atomic mass is 9.84. The van der Waals surface area contributed by atoms with Gasteiger partial charge in [-0.2, -0.15) is 0 Å². The fraction of sp³-hybridized carbons (Fsp3) is 0.857. The van der Waals surface area contributed by atoms with Crippen LogP contribution in [0.2, 0.25) is 0 Å². The van der Waals surface area contributed by atoms with Crippen molar-refractivity contribution in [1.29, 1.82) is 0 Å². The maximum absolute atomic E-state index is 12.0. The van der Waals surface area contributed by atoms with E-state index in [0.29, 0.717) is 19.5 Å². The van der Waals surface area contributed by atoms with E-state index in [0.717, 1.165) is 12.8 Å². The Hall–Kier alpha value is -1.26. The van der Waals surface area contributed by atoms with Gasteiger partial charge in [0.25, 0.3) is 0 Å². The zero-order chi connectivity index (χ0) is 14.6. The van der Waals surface area contributed by atoms with Crippen molar-refractivity contribution >= 4 is 12.1 Å². The third kappa shape index (κ3) is 4.73. The highest BCUT2D eigenvalue weighted by atomic mass is 16.6. The van der Waals surface area contributed by atoms with Crippen LogP contribution in [0.5, 0.6) is 0 Å². The fourth-order valence-corrected chi connectivity index (χ4v) is 2.54. The molecule has 5 nitrogen and oxygen atoms in total. The smallest absolute Gasteiger partial charge is 0.410 e. The molecular formula is C14H25NO4. The van der Waals surface area contributed by atoms with Crippen LogP contribution in [0.3, 0.4) is 0 Å². The molecule has 0 saturated carbocycles. The second-order valence-corrected chi connectivity index (χ2v) is 6.18. The lowest BCUT2D eigenvalue weighted by Crippen LogP contribution is -2.45. The van der Waals surface area contributed by atoms with Crippen LogP contribution < -0.4 is 0 Å². The number of rotatable bonds is 3. The van der Waals surface area contributed by atoms with E-state index in [-0.39, 0.29) is 17.9 Å². The fourth-order valence-electron chi connectivity index (χ4n) is 2.54. The number of hydrogen-bond acceptors (Lipinski definition) is 3. The molecule has 0 spiro atoms. The van der Waals surface area contributed by atoms with Gasteiger partial charge in [-0.05, 0) is 46.0 Å². The van der Waals surface area contributed by atoms with Gasteiger partial charge in [-0.15, -0.1) is 0 Å². The van der Waals surface area contributed by atoms with E-state index in [4.69, 9.17) is 4.74 Å². The molecule has 1 heterocycles. The summed E-state index contributed by atoms with van der Waals surface area (Å²) in [7, 11) is 0. The SMILES string of the molecule is CCC(C(=O)O)[C@@H]1CCCN(C(=O)OC(C)(C)C)C1. The molecule has 1 N–H and O–H groups in total. The molecule has 0 aromatic heterocycles. The average Bonchev–Trinajstić information content (AvgIpc) is 2.27. The number of carbonyl (C=O) groups is 2. The lowest BCUT2D eigenvalue weighted by Gasteiger charge is -2.36. The second kappa shape index (κ2) is 6.26. The van der Waals surface area contributed by atoms with Crippen molar-refractivity contribution in [3.63, 3.8) is 0 Å². The Morgan fingerprint density at radius 1 is 1.42 bits per heavy atom. The first-order valence-electron chi connectivity index (χ1n) is 6.95. The van der Waals surface area contributed by atoms with Gasteiger partial charge in [-0.3, -0.25) is 4.79 Å². The molecule has 110 valence electrons. The van der Waals surface area contributed by atoms with E-state index in [2.05, 4.69) is 0 Å². The first-order valence-corrected chi connectivity index (χ1v) is 6.95. The van der Waals surface area contributed by atoms with Crippen molar-refractivity contribution in [1.82, 2.24) is 4.90 Å². The van der Waals surface area contributed by atoms with E-state index in [9.17, 15) is 14.7 Å². The first-order chi connectivity index (χ1) is 8.74. The summed E-state index contributed by atoms with van der Waals surface area (Å²) in [6.45, 7) is 8.52. The quantitative estimate of drug-likeness (QED) is 0.857. The summed E-state index contributed by atoms with van der Waals surface area (Å²) >= 11 is 0. The maximum atomic E-state index is 12.0. The van der Waals surface area contributed by atoms with E-state index >= 15 is 0 Å². The Labute approximate surface area is 114 Å². The van der Waals surface area contributed by atoms with Crippen LogP contribution in [-0.2, 0) is 9.53 Å². The average molecular weight is 271 g/mol. The largest absolute Gasteiger partial charge is 0.481 e. The summed E-state index contributed by atoms with van der Waals surface area (Å²) in [5.41, 5.74) is -0.513. The predicted octanol–water partition coefficient (Wildman–Crippen LogP) is 2.74. The van der Waals surface area contributed by atoms with E-state index in [1.54, 1.807) is 4.90 Å². The summed E-state index contributed by atoms with van der Waals surface area (Å²) in [5.74, 6) is -1.10. The van der Waals surface area contributed by atoms with Crippen molar-refractivity contribution in [3.05, 3.63) is 0 Å². The highest BCUT2D eigenvalue weighted by Crippen LogP contribution is 2.27. The Morgan fingerprint density at radius 3 is 2.53 bits per heavy atom. The van der Waals surface area contributed by atoms with Gasteiger partial charge in [-0.1, -0.05) is 6.92 Å². The number of carbonyl (C=O) groups excluding carboxylic acids is 1. The van der Waals surface area contributed by atoms with Crippen molar-refractivity contribution < 1.29 is 19.4 Å². The third-order valence-corrected chi connectivity index (χ3v) is 3.44. The number of aliphatic carboxylic acids is 1. The summed E-state index contributed by atoms with van der Waals surface area (Å²) in [4.78, 5) is 24.8. The lowest BCUT2D eigenvalue weighted by molar-refractivity contribution is -0.144. The number of carboxylic acid groups (broad SMARTS) is 1. The maximum Gasteiger partial charge on any atom is 0.410 e. The molecule has 5 heteroatoms. The minimum absolute atomic E-state index is 0.0313. The topological polar surface area (TPSA) is 66.8 Å². The van der Waals surface area contributed by atoms with E-state index in [1.807, 2.05) is 27.7 Å². The Balaban J connectivity index is 2.64. The number of likely N-dealkylation sites (tertiary alicyclic amines) is 1. The van der Waals surface area contributed by atoms with Gasteiger partial charge in [-0.25, -0.2) is 4.79 Å². The van der Waals surface area contributed by atoms with Crippen LogP contribution >= 0.6 is 0 Å². The van der Waals surface area contributed by atoms with Gasteiger partial charge in [0.05, 0.1) is 5.92 Å². The normalized spacial score (nSPS) is 21.9. The van der Waals surface area contributed by atoms with Crippen LogP contribution in [0.4, 0.5) is 4.79 Å². The molecule has 0 radical (unpaired) electrons. The molecule has 1 saturated heterocycles. The molecule has 1 fully saturated rings.